The van der Waals surface area contributed by atoms with Crippen molar-refractivity contribution in [3.05, 3.63) is 38.9 Å². The summed E-state index contributed by atoms with van der Waals surface area (Å²) in [4.78, 5) is 60.2. The molecule has 1 heterocycles. The first kappa shape index (κ1) is 21.7. The van der Waals surface area contributed by atoms with Crippen LogP contribution in [0.25, 0.3) is 0 Å². The van der Waals surface area contributed by atoms with Crippen molar-refractivity contribution in [1.29, 1.82) is 0 Å². The lowest BCUT2D eigenvalue weighted by atomic mass is 9.52. The van der Waals surface area contributed by atoms with Gasteiger partial charge in [-0.05, 0) is 31.4 Å². The molecular weight excluding hydrogens is 416 g/mol. The van der Waals surface area contributed by atoms with E-state index in [-0.39, 0.29) is 23.4 Å². The van der Waals surface area contributed by atoms with Gasteiger partial charge in [-0.2, -0.15) is 0 Å². The number of rotatable bonds is 3. The van der Waals surface area contributed by atoms with Gasteiger partial charge in [0, 0.05) is 22.5 Å². The molecular formula is C19H21ClN4O6. The number of benzene rings is 1. The average Bonchev–Trinajstić information content (AvgIpc) is 2.63. The molecule has 0 radical (unpaired) electrons. The predicted molar refractivity (Wildman–Crippen MR) is 105 cm³/mol. The summed E-state index contributed by atoms with van der Waals surface area (Å²) in [6, 6.07) is 3.50. The number of amides is 4. The monoisotopic (exact) mass is 436 g/mol. The van der Waals surface area contributed by atoms with Crippen LogP contribution in [0, 0.1) is 26.4 Å². The summed E-state index contributed by atoms with van der Waals surface area (Å²) < 4.78 is 0. The van der Waals surface area contributed by atoms with Crippen LogP contribution in [0.15, 0.2) is 18.2 Å². The number of imide groups is 1. The Bertz CT molecular complexity index is 967. The van der Waals surface area contributed by atoms with E-state index in [1.54, 1.807) is 20.8 Å². The molecule has 2 atom stereocenters. The maximum atomic E-state index is 12.9. The fraction of sp³-hybridized carbons (Fsp3) is 0.474. The highest BCUT2D eigenvalue weighted by Gasteiger charge is 2.60. The minimum Gasteiger partial charge on any atom is -0.296 e. The first-order valence-corrected chi connectivity index (χ1v) is 9.58. The SMILES string of the molecule is CC1(C(=O)NNC(=O)c2ccc(Cl)c([N+](=O)[O-])c2)CC2(C)CC(C)(C1)C(=O)NC2=O. The molecule has 10 nitrogen and oxygen atoms in total. The number of nitro benzene ring substituents is 1. The van der Waals surface area contributed by atoms with Crippen molar-refractivity contribution in [1.82, 2.24) is 16.2 Å². The minimum absolute atomic E-state index is 0.0643. The number of carbonyl (C=O) groups is 4. The Kier molecular flexibility index (Phi) is 5.10. The van der Waals surface area contributed by atoms with Gasteiger partial charge < -0.3 is 0 Å². The lowest BCUT2D eigenvalue weighted by Gasteiger charge is -2.53. The standard InChI is InChI=1S/C19H21ClN4O6/c1-17-7-18(2,15(27)21-14(17)26)9-19(3,8-17)16(28)23-22-13(25)10-4-5-11(20)12(6-10)24(29)30/h4-6H,7-9H2,1-3H3,(H,22,25)(H,23,28)(H,21,26,27). The molecule has 2 bridgehead atoms. The molecule has 160 valence electrons. The summed E-state index contributed by atoms with van der Waals surface area (Å²) >= 11 is 5.74. The van der Waals surface area contributed by atoms with Crippen molar-refractivity contribution in [2.45, 2.75) is 40.0 Å². The maximum Gasteiger partial charge on any atom is 0.288 e. The van der Waals surface area contributed by atoms with Crippen molar-refractivity contribution in [3.8, 4) is 0 Å². The van der Waals surface area contributed by atoms with Gasteiger partial charge in [0.1, 0.15) is 5.02 Å². The first-order chi connectivity index (χ1) is 13.8. The molecule has 2 unspecified atom stereocenters. The zero-order valence-corrected chi connectivity index (χ0v) is 17.4. The second kappa shape index (κ2) is 7.05. The van der Waals surface area contributed by atoms with Gasteiger partial charge in [-0.25, -0.2) is 0 Å². The molecule has 3 rings (SSSR count). The van der Waals surface area contributed by atoms with Gasteiger partial charge in [0.25, 0.3) is 11.6 Å². The molecule has 1 aromatic rings. The molecule has 4 amide bonds. The average molecular weight is 437 g/mol. The molecule has 30 heavy (non-hydrogen) atoms. The minimum atomic E-state index is -1.09. The number of nitro groups is 1. The fourth-order valence-corrected chi connectivity index (χ4v) is 4.97. The van der Waals surface area contributed by atoms with Crippen LogP contribution in [0.5, 0.6) is 0 Å². The van der Waals surface area contributed by atoms with E-state index in [0.717, 1.165) is 6.07 Å². The van der Waals surface area contributed by atoms with Crippen molar-refractivity contribution in [2.75, 3.05) is 0 Å². The Labute approximate surface area is 176 Å². The summed E-state index contributed by atoms with van der Waals surface area (Å²) in [6.45, 7) is 5.06. The third-order valence-corrected chi connectivity index (χ3v) is 6.23. The van der Waals surface area contributed by atoms with E-state index in [1.165, 1.54) is 12.1 Å². The van der Waals surface area contributed by atoms with Crippen LogP contribution in [0.3, 0.4) is 0 Å². The van der Waals surface area contributed by atoms with Gasteiger partial charge in [0.2, 0.25) is 17.7 Å². The summed E-state index contributed by atoms with van der Waals surface area (Å²) in [5.41, 5.74) is 1.17. The maximum absolute atomic E-state index is 12.9. The molecule has 2 fully saturated rings. The second-order valence-corrected chi connectivity index (χ2v) is 9.23. The van der Waals surface area contributed by atoms with Crippen LogP contribution in [0.4, 0.5) is 5.69 Å². The molecule has 1 aliphatic carbocycles. The van der Waals surface area contributed by atoms with Gasteiger partial charge in [0.15, 0.2) is 0 Å². The third-order valence-electron chi connectivity index (χ3n) is 5.91. The molecule has 2 aliphatic rings. The smallest absolute Gasteiger partial charge is 0.288 e. The summed E-state index contributed by atoms with van der Waals surface area (Å²) in [5, 5.41) is 13.2. The highest BCUT2D eigenvalue weighted by molar-refractivity contribution is 6.32. The number of hydrogen-bond acceptors (Lipinski definition) is 6. The lowest BCUT2D eigenvalue weighted by Crippen LogP contribution is -2.64. The molecule has 11 heteroatoms. The Morgan fingerprint density at radius 2 is 1.63 bits per heavy atom. The molecule has 0 aromatic heterocycles. The highest BCUT2D eigenvalue weighted by Crippen LogP contribution is 2.56. The van der Waals surface area contributed by atoms with Crippen molar-refractivity contribution in [2.24, 2.45) is 16.2 Å². The number of carbonyl (C=O) groups excluding carboxylic acids is 4. The van der Waals surface area contributed by atoms with Crippen LogP contribution >= 0.6 is 11.6 Å². The molecule has 3 N–H and O–H groups in total. The van der Waals surface area contributed by atoms with Crippen molar-refractivity contribution < 1.29 is 24.1 Å². The second-order valence-electron chi connectivity index (χ2n) is 8.83. The molecule has 1 aliphatic heterocycles. The molecule has 1 saturated heterocycles. The number of halogens is 1. The fourth-order valence-electron chi connectivity index (χ4n) is 4.79. The van der Waals surface area contributed by atoms with E-state index in [0.29, 0.717) is 6.42 Å². The van der Waals surface area contributed by atoms with Gasteiger partial charge >= 0.3 is 0 Å². The van der Waals surface area contributed by atoms with E-state index < -0.39 is 50.5 Å². The van der Waals surface area contributed by atoms with Gasteiger partial charge in [-0.1, -0.05) is 32.4 Å². The predicted octanol–water partition coefficient (Wildman–Crippen LogP) is 1.87. The number of piperidine rings is 1. The lowest BCUT2D eigenvalue weighted by molar-refractivity contribution is -0.384. The zero-order valence-electron chi connectivity index (χ0n) is 16.6. The number of nitrogens with one attached hydrogen (secondary N) is 3. The van der Waals surface area contributed by atoms with Crippen LogP contribution < -0.4 is 16.2 Å². The summed E-state index contributed by atoms with van der Waals surface area (Å²) in [6.07, 6.45) is 0.736. The van der Waals surface area contributed by atoms with E-state index in [2.05, 4.69) is 16.2 Å². The van der Waals surface area contributed by atoms with Crippen molar-refractivity contribution >= 4 is 40.9 Å². The molecule has 1 aromatic carbocycles. The van der Waals surface area contributed by atoms with E-state index in [9.17, 15) is 29.3 Å². The zero-order chi connectivity index (χ0) is 22.5. The number of fused-ring (bicyclic) bond motifs is 2. The van der Waals surface area contributed by atoms with E-state index in [4.69, 9.17) is 11.6 Å². The van der Waals surface area contributed by atoms with Crippen LogP contribution in [0.1, 0.15) is 50.4 Å². The third kappa shape index (κ3) is 3.62. The van der Waals surface area contributed by atoms with E-state index >= 15 is 0 Å². The Morgan fingerprint density at radius 1 is 1.07 bits per heavy atom. The Balaban J connectivity index is 1.75. The highest BCUT2D eigenvalue weighted by atomic mass is 35.5. The Hall–Kier alpha value is -3.01. The van der Waals surface area contributed by atoms with Crippen LogP contribution in [-0.2, 0) is 14.4 Å². The number of hydrazine groups is 1. The Morgan fingerprint density at radius 3 is 2.17 bits per heavy atom. The summed E-state index contributed by atoms with van der Waals surface area (Å²) in [5.74, 6) is -2.16. The first-order valence-electron chi connectivity index (χ1n) is 9.20. The largest absolute Gasteiger partial charge is 0.296 e. The number of nitrogens with zero attached hydrogens (tertiary/aromatic N) is 1. The van der Waals surface area contributed by atoms with Gasteiger partial charge in [-0.3, -0.25) is 45.5 Å². The summed E-state index contributed by atoms with van der Waals surface area (Å²) in [7, 11) is 0. The molecule has 0 spiro atoms. The van der Waals surface area contributed by atoms with Crippen molar-refractivity contribution in [3.63, 3.8) is 0 Å². The van der Waals surface area contributed by atoms with Gasteiger partial charge in [-0.15, -0.1) is 0 Å². The van der Waals surface area contributed by atoms with Crippen LogP contribution in [0.2, 0.25) is 5.02 Å². The van der Waals surface area contributed by atoms with Crippen LogP contribution in [-0.4, -0.2) is 28.6 Å². The topological polar surface area (TPSA) is 148 Å². The quantitative estimate of drug-likeness (QED) is 0.374. The van der Waals surface area contributed by atoms with E-state index in [1.807, 2.05) is 0 Å². The molecule has 1 saturated carbocycles. The normalized spacial score (nSPS) is 30.3. The van der Waals surface area contributed by atoms with Gasteiger partial charge in [0.05, 0.1) is 10.3 Å². The number of hydrogen-bond donors (Lipinski definition) is 3.